The van der Waals surface area contributed by atoms with Crippen molar-refractivity contribution in [1.82, 2.24) is 14.9 Å². The Bertz CT molecular complexity index is 1870. The average Bonchev–Trinajstić information content (AvgIpc) is 3.53. The van der Waals surface area contributed by atoms with Gasteiger partial charge in [-0.15, -0.1) is 0 Å². The molecular formula is C36H37ClN6O5. The van der Waals surface area contributed by atoms with Gasteiger partial charge in [0.25, 0.3) is 0 Å². The number of nitrogens with zero attached hydrogens (tertiary/aromatic N) is 4. The molecule has 4 aromatic rings. The summed E-state index contributed by atoms with van der Waals surface area (Å²) in [5.74, 6) is 0.501. The molecule has 12 heteroatoms. The second-order valence-corrected chi connectivity index (χ2v) is 12.5. The number of likely N-dealkylation sites (tertiary alicyclic amines) is 1. The third kappa shape index (κ3) is 8.52. The van der Waals surface area contributed by atoms with Crippen molar-refractivity contribution in [2.75, 3.05) is 23.8 Å². The summed E-state index contributed by atoms with van der Waals surface area (Å²) < 4.78 is 17.2. The molecule has 1 atom stereocenters. The predicted molar refractivity (Wildman–Crippen MR) is 185 cm³/mol. The number of pyridine rings is 2. The van der Waals surface area contributed by atoms with Gasteiger partial charge in [-0.1, -0.05) is 23.7 Å². The minimum absolute atomic E-state index is 0.259. The maximum atomic E-state index is 13.2. The molecule has 3 heterocycles. The Morgan fingerprint density at radius 2 is 1.96 bits per heavy atom. The first-order valence-electron chi connectivity index (χ1n) is 15.6. The van der Waals surface area contributed by atoms with Crippen LogP contribution in [0, 0.1) is 11.3 Å². The van der Waals surface area contributed by atoms with E-state index in [1.165, 1.54) is 12.3 Å². The first-order chi connectivity index (χ1) is 23.0. The van der Waals surface area contributed by atoms with Gasteiger partial charge in [-0.25, -0.2) is 4.79 Å². The maximum absolute atomic E-state index is 13.2. The van der Waals surface area contributed by atoms with Crippen molar-refractivity contribution in [3.8, 4) is 17.6 Å². The molecule has 0 radical (unpaired) electrons. The Kier molecular flexibility index (Phi) is 10.7. The number of anilines is 3. The van der Waals surface area contributed by atoms with Crippen molar-refractivity contribution in [3.05, 3.63) is 89.4 Å². The molecule has 2 aromatic carbocycles. The summed E-state index contributed by atoms with van der Waals surface area (Å²) in [6.45, 7) is 8.47. The summed E-state index contributed by atoms with van der Waals surface area (Å²) in [5.41, 5.74) is 2.48. The van der Waals surface area contributed by atoms with Crippen LogP contribution in [0.4, 0.5) is 21.9 Å². The monoisotopic (exact) mass is 668 g/mol. The summed E-state index contributed by atoms with van der Waals surface area (Å²) in [4.78, 5) is 36.2. The molecule has 5 rings (SSSR count). The number of halogens is 1. The Morgan fingerprint density at radius 1 is 1.12 bits per heavy atom. The standard InChI is InChI=1S/C36H37ClN6O5/c1-5-46-32-19-29-27(18-30(32)42-33(44)14-12-26-10-8-16-43(26)35(45)48-36(2,3)4)34(23(20-38)21-40-29)41-24-11-13-31(28(37)17-24)47-22-25-9-6-7-15-39-25/h6-7,9,11-15,17-19,21,26H,5,8,10,16,22H2,1-4H3,(H,40,41)(H,42,44)/b14-12+. The molecule has 2 aromatic heterocycles. The fraction of sp³-hybridized carbons (Fsp3) is 0.306. The quantitative estimate of drug-likeness (QED) is 0.162. The first-order valence-corrected chi connectivity index (χ1v) is 16.0. The van der Waals surface area contributed by atoms with Gasteiger partial charge >= 0.3 is 6.09 Å². The van der Waals surface area contributed by atoms with Crippen LogP contribution < -0.4 is 20.1 Å². The smallest absolute Gasteiger partial charge is 0.410 e. The van der Waals surface area contributed by atoms with Crippen LogP contribution >= 0.6 is 11.6 Å². The number of carbonyl (C=O) groups excluding carboxylic acids is 2. The van der Waals surface area contributed by atoms with Gasteiger partial charge in [0.15, 0.2) is 0 Å². The third-order valence-electron chi connectivity index (χ3n) is 7.35. The van der Waals surface area contributed by atoms with Crippen molar-refractivity contribution in [1.29, 1.82) is 5.26 Å². The van der Waals surface area contributed by atoms with Crippen molar-refractivity contribution < 1.29 is 23.8 Å². The van der Waals surface area contributed by atoms with Gasteiger partial charge in [-0.05, 0) is 76.9 Å². The lowest BCUT2D eigenvalue weighted by atomic mass is 10.1. The average molecular weight is 669 g/mol. The molecular weight excluding hydrogens is 632 g/mol. The van der Waals surface area contributed by atoms with E-state index < -0.39 is 17.6 Å². The molecule has 248 valence electrons. The fourth-order valence-corrected chi connectivity index (χ4v) is 5.43. The molecule has 2 N–H and O–H groups in total. The van der Waals surface area contributed by atoms with Crippen LogP contribution in [-0.4, -0.2) is 51.7 Å². The summed E-state index contributed by atoms with van der Waals surface area (Å²) in [5, 5.41) is 17.1. The van der Waals surface area contributed by atoms with Gasteiger partial charge in [0.05, 0.1) is 45.8 Å². The molecule has 48 heavy (non-hydrogen) atoms. The number of hydrogen-bond donors (Lipinski definition) is 2. The largest absolute Gasteiger partial charge is 0.492 e. The van der Waals surface area contributed by atoms with Gasteiger partial charge in [0.2, 0.25) is 5.91 Å². The van der Waals surface area contributed by atoms with E-state index >= 15 is 0 Å². The molecule has 1 fully saturated rings. The molecule has 1 aliphatic heterocycles. The number of aromatic nitrogens is 2. The molecule has 1 unspecified atom stereocenters. The van der Waals surface area contributed by atoms with Crippen LogP contribution in [0.5, 0.6) is 11.5 Å². The van der Waals surface area contributed by atoms with Gasteiger partial charge in [-0.2, -0.15) is 5.26 Å². The Hall–Kier alpha value is -5.34. The zero-order chi connectivity index (χ0) is 34.3. The van der Waals surface area contributed by atoms with Gasteiger partial charge in [-0.3, -0.25) is 14.8 Å². The number of ether oxygens (including phenoxy) is 3. The van der Waals surface area contributed by atoms with Crippen molar-refractivity contribution in [3.63, 3.8) is 0 Å². The SMILES string of the molecule is CCOc1cc2ncc(C#N)c(Nc3ccc(OCc4ccccn4)c(Cl)c3)c2cc1NC(=O)/C=C/C1CCCN1C(=O)OC(C)(C)C. The number of fused-ring (bicyclic) bond motifs is 1. The van der Waals surface area contributed by atoms with Crippen molar-refractivity contribution >= 4 is 51.6 Å². The van der Waals surface area contributed by atoms with E-state index in [9.17, 15) is 14.9 Å². The molecule has 0 bridgehead atoms. The predicted octanol–water partition coefficient (Wildman–Crippen LogP) is 7.77. The van der Waals surface area contributed by atoms with Crippen LogP contribution in [0.15, 0.2) is 73.1 Å². The van der Waals surface area contributed by atoms with Crippen LogP contribution in [-0.2, 0) is 16.1 Å². The summed E-state index contributed by atoms with van der Waals surface area (Å²) in [7, 11) is 0. The zero-order valence-electron chi connectivity index (χ0n) is 27.2. The number of rotatable bonds is 10. The van der Waals surface area contributed by atoms with Crippen molar-refractivity contribution in [2.24, 2.45) is 0 Å². The minimum atomic E-state index is -0.615. The van der Waals surface area contributed by atoms with E-state index in [-0.39, 0.29) is 12.6 Å². The van der Waals surface area contributed by atoms with Gasteiger partial charge < -0.3 is 29.7 Å². The Morgan fingerprint density at radius 3 is 2.67 bits per heavy atom. The molecule has 0 saturated carbocycles. The first kappa shape index (κ1) is 34.0. The number of hydrogen-bond acceptors (Lipinski definition) is 9. The fourth-order valence-electron chi connectivity index (χ4n) is 5.20. The molecule has 0 spiro atoms. The lowest BCUT2D eigenvalue weighted by molar-refractivity contribution is -0.112. The minimum Gasteiger partial charge on any atom is -0.492 e. The second-order valence-electron chi connectivity index (χ2n) is 12.1. The molecule has 2 amide bonds. The number of nitrogens with one attached hydrogen (secondary N) is 2. The lowest BCUT2D eigenvalue weighted by Gasteiger charge is -2.27. The van der Waals surface area contributed by atoms with Crippen LogP contribution in [0.25, 0.3) is 10.9 Å². The van der Waals surface area contributed by atoms with Crippen LogP contribution in [0.1, 0.15) is 51.8 Å². The highest BCUT2D eigenvalue weighted by Gasteiger charge is 2.30. The van der Waals surface area contributed by atoms with Gasteiger partial charge in [0, 0.05) is 42.2 Å². The molecule has 11 nitrogen and oxygen atoms in total. The van der Waals surface area contributed by atoms with Crippen LogP contribution in [0.2, 0.25) is 5.02 Å². The number of carbonyl (C=O) groups is 2. The van der Waals surface area contributed by atoms with Crippen molar-refractivity contribution in [2.45, 2.75) is 58.8 Å². The highest BCUT2D eigenvalue weighted by atomic mass is 35.5. The summed E-state index contributed by atoms with van der Waals surface area (Å²) in [6, 6.07) is 16.2. The number of benzene rings is 2. The van der Waals surface area contributed by atoms with E-state index in [1.54, 1.807) is 47.5 Å². The second kappa shape index (κ2) is 15.0. The third-order valence-corrected chi connectivity index (χ3v) is 7.64. The maximum Gasteiger partial charge on any atom is 0.410 e. The van der Waals surface area contributed by atoms with E-state index in [1.807, 2.05) is 45.9 Å². The Labute approximate surface area is 284 Å². The molecule has 1 aliphatic rings. The molecule has 1 saturated heterocycles. The number of nitriles is 1. The summed E-state index contributed by atoms with van der Waals surface area (Å²) in [6.07, 6.45) is 7.43. The van der Waals surface area contributed by atoms with E-state index in [4.69, 9.17) is 25.8 Å². The van der Waals surface area contributed by atoms with E-state index in [2.05, 4.69) is 26.7 Å². The van der Waals surface area contributed by atoms with E-state index in [0.717, 1.165) is 18.5 Å². The zero-order valence-corrected chi connectivity index (χ0v) is 28.0. The summed E-state index contributed by atoms with van der Waals surface area (Å²) >= 11 is 6.56. The normalized spacial score (nSPS) is 14.5. The highest BCUT2D eigenvalue weighted by Crippen LogP contribution is 2.37. The number of amides is 2. The van der Waals surface area contributed by atoms with E-state index in [0.29, 0.717) is 63.2 Å². The lowest BCUT2D eigenvalue weighted by Crippen LogP contribution is -2.39. The topological polar surface area (TPSA) is 139 Å². The van der Waals surface area contributed by atoms with Gasteiger partial charge in [0.1, 0.15) is 29.8 Å². The highest BCUT2D eigenvalue weighted by molar-refractivity contribution is 6.32. The Balaban J connectivity index is 1.38. The van der Waals surface area contributed by atoms with Crippen LogP contribution in [0.3, 0.4) is 0 Å². The molecule has 0 aliphatic carbocycles.